The summed E-state index contributed by atoms with van der Waals surface area (Å²) in [7, 11) is 3.04. The van der Waals surface area contributed by atoms with Crippen molar-refractivity contribution in [2.24, 2.45) is 0 Å². The fourth-order valence-corrected chi connectivity index (χ4v) is 3.53. The van der Waals surface area contributed by atoms with E-state index in [0.717, 1.165) is 0 Å². The van der Waals surface area contributed by atoms with Gasteiger partial charge in [-0.1, -0.05) is 36.4 Å². The van der Waals surface area contributed by atoms with Crippen LogP contribution in [-0.2, 0) is 14.3 Å². The number of aliphatic hydroxyl groups is 1. The maximum Gasteiger partial charge on any atom is 0.295 e. The second kappa shape index (κ2) is 9.45. The molecule has 2 aromatic rings. The van der Waals surface area contributed by atoms with E-state index >= 15 is 0 Å². The molecule has 158 valence electrons. The van der Waals surface area contributed by atoms with E-state index in [9.17, 15) is 14.7 Å². The van der Waals surface area contributed by atoms with Crippen molar-refractivity contribution in [2.45, 2.75) is 13.0 Å². The number of ketones is 1. The van der Waals surface area contributed by atoms with Crippen LogP contribution in [0.4, 0.5) is 0 Å². The highest BCUT2D eigenvalue weighted by atomic mass is 16.5. The van der Waals surface area contributed by atoms with Crippen molar-refractivity contribution in [1.29, 1.82) is 0 Å². The summed E-state index contributed by atoms with van der Waals surface area (Å²) in [5.41, 5.74) is 1.13. The first-order valence-corrected chi connectivity index (χ1v) is 9.67. The van der Waals surface area contributed by atoms with Gasteiger partial charge in [-0.15, -0.1) is 0 Å². The van der Waals surface area contributed by atoms with Gasteiger partial charge in [0.15, 0.2) is 11.5 Å². The quantitative estimate of drug-likeness (QED) is 0.408. The highest BCUT2D eigenvalue weighted by Crippen LogP contribution is 2.41. The zero-order valence-corrected chi connectivity index (χ0v) is 17.3. The minimum absolute atomic E-state index is 0.0357. The van der Waals surface area contributed by atoms with Crippen molar-refractivity contribution in [1.82, 2.24) is 4.90 Å². The molecule has 0 aromatic heterocycles. The van der Waals surface area contributed by atoms with Crippen LogP contribution in [-0.4, -0.2) is 55.7 Å². The number of hydrogen-bond acceptors (Lipinski definition) is 6. The number of benzene rings is 2. The van der Waals surface area contributed by atoms with Crippen LogP contribution < -0.4 is 9.47 Å². The number of Topliss-reactive ketones (excluding diaryl/α,β-unsaturated/α-hetero) is 1. The average molecular weight is 411 g/mol. The van der Waals surface area contributed by atoms with Gasteiger partial charge in [-0.3, -0.25) is 9.59 Å². The minimum atomic E-state index is -0.773. The monoisotopic (exact) mass is 411 g/mol. The molecular formula is C23H25NO6. The first-order chi connectivity index (χ1) is 14.5. The van der Waals surface area contributed by atoms with Crippen molar-refractivity contribution < 1.29 is 28.9 Å². The molecule has 7 nitrogen and oxygen atoms in total. The summed E-state index contributed by atoms with van der Waals surface area (Å²) >= 11 is 0. The van der Waals surface area contributed by atoms with Gasteiger partial charge in [-0.25, -0.2) is 0 Å². The molecule has 3 rings (SSSR count). The average Bonchev–Trinajstić information content (AvgIpc) is 3.03. The maximum absolute atomic E-state index is 12.9. The fourth-order valence-electron chi connectivity index (χ4n) is 3.53. The van der Waals surface area contributed by atoms with Crippen LogP contribution in [0, 0.1) is 0 Å². The lowest BCUT2D eigenvalue weighted by molar-refractivity contribution is -0.140. The Hall–Kier alpha value is -3.32. The molecule has 1 heterocycles. The lowest BCUT2D eigenvalue weighted by Gasteiger charge is -2.25. The Bertz CT molecular complexity index is 953. The normalized spacial score (nSPS) is 18.0. The molecule has 0 radical (unpaired) electrons. The highest BCUT2D eigenvalue weighted by molar-refractivity contribution is 6.46. The van der Waals surface area contributed by atoms with Crippen molar-refractivity contribution in [2.75, 3.05) is 34.0 Å². The zero-order valence-electron chi connectivity index (χ0n) is 17.3. The molecule has 1 atom stereocenters. The van der Waals surface area contributed by atoms with Gasteiger partial charge < -0.3 is 24.2 Å². The number of methoxy groups -OCH3 is 2. The lowest BCUT2D eigenvalue weighted by Crippen LogP contribution is -2.32. The van der Waals surface area contributed by atoms with Gasteiger partial charge in [-0.2, -0.15) is 0 Å². The number of ether oxygens (including phenoxy) is 3. The number of hydrogen-bond donors (Lipinski definition) is 1. The molecule has 0 spiro atoms. The maximum atomic E-state index is 12.9. The van der Waals surface area contributed by atoms with Crippen molar-refractivity contribution in [3.05, 3.63) is 65.2 Å². The molecule has 1 fully saturated rings. The molecule has 7 heteroatoms. The lowest BCUT2D eigenvalue weighted by atomic mass is 9.95. The number of carbonyl (C=O) groups is 2. The molecule has 1 amide bonds. The fraction of sp³-hybridized carbons (Fsp3) is 0.304. The van der Waals surface area contributed by atoms with E-state index in [-0.39, 0.29) is 24.5 Å². The third kappa shape index (κ3) is 4.02. The van der Waals surface area contributed by atoms with Gasteiger partial charge in [0.05, 0.1) is 31.9 Å². The first kappa shape index (κ1) is 21.4. The summed E-state index contributed by atoms with van der Waals surface area (Å²) in [5.74, 6) is -0.591. The van der Waals surface area contributed by atoms with E-state index in [1.807, 2.05) is 13.0 Å². The van der Waals surface area contributed by atoms with Crippen LogP contribution in [0.5, 0.6) is 11.5 Å². The molecule has 0 bridgehead atoms. The molecule has 1 saturated heterocycles. The Balaban J connectivity index is 2.16. The Labute approximate surface area is 175 Å². The van der Waals surface area contributed by atoms with E-state index in [2.05, 4.69) is 0 Å². The van der Waals surface area contributed by atoms with Crippen molar-refractivity contribution >= 4 is 17.4 Å². The van der Waals surface area contributed by atoms with E-state index in [1.54, 1.807) is 42.5 Å². The van der Waals surface area contributed by atoms with E-state index < -0.39 is 17.7 Å². The number of rotatable bonds is 8. The number of amides is 1. The SMILES string of the molecule is CCOc1ccc([C@H]2C(=C(O)c3ccccc3)C(=O)C(=O)N2CCOC)cc1OC. The summed E-state index contributed by atoms with van der Waals surface area (Å²) in [6.07, 6.45) is 0. The van der Waals surface area contributed by atoms with Gasteiger partial charge >= 0.3 is 0 Å². The van der Waals surface area contributed by atoms with Crippen LogP contribution in [0.15, 0.2) is 54.1 Å². The molecule has 0 saturated carbocycles. The highest BCUT2D eigenvalue weighted by Gasteiger charge is 2.46. The smallest absolute Gasteiger partial charge is 0.295 e. The number of aliphatic hydroxyl groups excluding tert-OH is 1. The summed E-state index contributed by atoms with van der Waals surface area (Å²) in [6, 6.07) is 13.1. The zero-order chi connectivity index (χ0) is 21.7. The second-order valence-corrected chi connectivity index (χ2v) is 6.69. The van der Waals surface area contributed by atoms with Crippen LogP contribution in [0.3, 0.4) is 0 Å². The third-order valence-electron chi connectivity index (χ3n) is 4.93. The van der Waals surface area contributed by atoms with Crippen molar-refractivity contribution in [3.8, 4) is 11.5 Å². The molecule has 1 N–H and O–H groups in total. The number of carbonyl (C=O) groups excluding carboxylic acids is 2. The predicted molar refractivity (Wildman–Crippen MR) is 111 cm³/mol. The van der Waals surface area contributed by atoms with Gasteiger partial charge in [0.25, 0.3) is 11.7 Å². The first-order valence-electron chi connectivity index (χ1n) is 9.67. The molecule has 1 aliphatic heterocycles. The van der Waals surface area contributed by atoms with Crippen LogP contribution in [0.1, 0.15) is 24.1 Å². The van der Waals surface area contributed by atoms with Gasteiger partial charge in [-0.05, 0) is 24.6 Å². The van der Waals surface area contributed by atoms with Crippen LogP contribution in [0.25, 0.3) is 5.76 Å². The van der Waals surface area contributed by atoms with Crippen LogP contribution in [0.2, 0.25) is 0 Å². The van der Waals surface area contributed by atoms with E-state index in [0.29, 0.717) is 29.2 Å². The second-order valence-electron chi connectivity index (χ2n) is 6.69. The Morgan fingerprint density at radius 3 is 2.43 bits per heavy atom. The standard InChI is InChI=1S/C23H25NO6/c1-4-30-17-11-10-16(14-18(17)29-3)20-19(21(25)15-8-6-5-7-9-15)22(26)23(27)24(20)12-13-28-2/h5-11,14,20,25H,4,12-13H2,1-3H3/t20-/m0/s1. The van der Waals surface area contributed by atoms with Gasteiger partial charge in [0, 0.05) is 19.2 Å². The Kier molecular flexibility index (Phi) is 6.74. The molecule has 0 aliphatic carbocycles. The van der Waals surface area contributed by atoms with Crippen LogP contribution >= 0.6 is 0 Å². The van der Waals surface area contributed by atoms with E-state index in [1.165, 1.54) is 19.1 Å². The molecule has 0 unspecified atom stereocenters. The summed E-state index contributed by atoms with van der Waals surface area (Å²) in [6.45, 7) is 2.79. The predicted octanol–water partition coefficient (Wildman–Crippen LogP) is 3.16. The minimum Gasteiger partial charge on any atom is -0.507 e. The summed E-state index contributed by atoms with van der Waals surface area (Å²) in [4.78, 5) is 27.1. The number of likely N-dealkylation sites (tertiary alicyclic amines) is 1. The molecular weight excluding hydrogens is 386 g/mol. The molecule has 2 aromatic carbocycles. The topological polar surface area (TPSA) is 85.3 Å². The molecule has 1 aliphatic rings. The van der Waals surface area contributed by atoms with E-state index in [4.69, 9.17) is 14.2 Å². The molecule has 30 heavy (non-hydrogen) atoms. The Morgan fingerprint density at radius 2 is 1.80 bits per heavy atom. The van der Waals surface area contributed by atoms with Gasteiger partial charge in [0.2, 0.25) is 0 Å². The summed E-state index contributed by atoms with van der Waals surface area (Å²) < 4.78 is 16.1. The Morgan fingerprint density at radius 1 is 1.07 bits per heavy atom. The number of nitrogens with zero attached hydrogens (tertiary/aromatic N) is 1. The third-order valence-corrected chi connectivity index (χ3v) is 4.93. The summed E-state index contributed by atoms with van der Waals surface area (Å²) in [5, 5.41) is 10.9. The largest absolute Gasteiger partial charge is 0.507 e. The van der Waals surface area contributed by atoms with Crippen molar-refractivity contribution in [3.63, 3.8) is 0 Å². The van der Waals surface area contributed by atoms with Gasteiger partial charge in [0.1, 0.15) is 5.76 Å².